The van der Waals surface area contributed by atoms with Gasteiger partial charge in [-0.3, -0.25) is 0 Å². The monoisotopic (exact) mass is 264 g/mol. The molecule has 0 amide bonds. The second-order valence-corrected chi connectivity index (χ2v) is 5.41. The minimum atomic E-state index is -0.695. The van der Waals surface area contributed by atoms with Crippen LogP contribution < -0.4 is 0 Å². The number of hydrogen-bond donors (Lipinski definition) is 2. The summed E-state index contributed by atoms with van der Waals surface area (Å²) in [6, 6.07) is 0. The molecule has 0 aromatic carbocycles. The highest BCUT2D eigenvalue weighted by Gasteiger charge is 2.42. The molecule has 0 aromatic heterocycles. The lowest BCUT2D eigenvalue weighted by Gasteiger charge is -2.24. The Kier molecular flexibility index (Phi) is 3.92. The maximum atomic E-state index is 11.6. The van der Waals surface area contributed by atoms with Gasteiger partial charge in [-0.25, -0.2) is 4.79 Å². The van der Waals surface area contributed by atoms with E-state index in [-0.39, 0.29) is 0 Å². The molecule has 1 heterocycles. The standard InChI is InChI=1S/C15H20O4/c1-8-4-5-11(16)9(2)7-13-14(12(17)6-8)10(3)15(18)19-13/h4,7,11-14,16-17H,3,5-6H2,1-2H3/b8-4-,9-7-/t11-,12+,13-,14-/m0/s1. The SMILES string of the molecule is C=C1C(=O)O[C@H]2/C=C(/C)[C@@H](O)C/C=C(/C)C[C@@H](O)[C@H]12. The molecule has 0 radical (unpaired) electrons. The quantitative estimate of drug-likeness (QED) is 0.395. The van der Waals surface area contributed by atoms with E-state index >= 15 is 0 Å². The van der Waals surface area contributed by atoms with Crippen LogP contribution in [0.2, 0.25) is 0 Å². The van der Waals surface area contributed by atoms with Crippen molar-refractivity contribution in [3.8, 4) is 0 Å². The average Bonchev–Trinajstić information content (AvgIpc) is 2.60. The van der Waals surface area contributed by atoms with Crippen molar-refractivity contribution in [2.75, 3.05) is 0 Å². The maximum absolute atomic E-state index is 11.6. The molecule has 4 atom stereocenters. The highest BCUT2D eigenvalue weighted by molar-refractivity contribution is 5.91. The van der Waals surface area contributed by atoms with Gasteiger partial charge >= 0.3 is 5.97 Å². The smallest absolute Gasteiger partial charge is 0.334 e. The highest BCUT2D eigenvalue weighted by Crippen LogP contribution is 2.34. The van der Waals surface area contributed by atoms with Crippen LogP contribution in [0.3, 0.4) is 0 Å². The number of aliphatic hydroxyl groups excluding tert-OH is 2. The molecule has 0 saturated carbocycles. The van der Waals surface area contributed by atoms with E-state index in [2.05, 4.69) is 6.58 Å². The fourth-order valence-corrected chi connectivity index (χ4v) is 2.60. The van der Waals surface area contributed by atoms with Crippen LogP contribution in [0.1, 0.15) is 26.7 Å². The minimum Gasteiger partial charge on any atom is -0.454 e. The van der Waals surface area contributed by atoms with Crippen molar-refractivity contribution in [3.05, 3.63) is 35.5 Å². The van der Waals surface area contributed by atoms with Gasteiger partial charge in [-0.05, 0) is 38.3 Å². The lowest BCUT2D eigenvalue weighted by Crippen LogP contribution is -2.29. The molecule has 1 fully saturated rings. The van der Waals surface area contributed by atoms with Crippen LogP contribution in [0.4, 0.5) is 0 Å². The van der Waals surface area contributed by atoms with E-state index in [4.69, 9.17) is 4.74 Å². The lowest BCUT2D eigenvalue weighted by atomic mass is 9.85. The first-order chi connectivity index (χ1) is 8.90. The largest absolute Gasteiger partial charge is 0.454 e. The average molecular weight is 264 g/mol. The summed E-state index contributed by atoms with van der Waals surface area (Å²) in [6.07, 6.45) is 2.80. The van der Waals surface area contributed by atoms with Crippen LogP contribution in [-0.2, 0) is 9.53 Å². The number of hydrogen-bond acceptors (Lipinski definition) is 4. The second-order valence-electron chi connectivity index (χ2n) is 5.41. The Labute approximate surface area is 113 Å². The zero-order valence-corrected chi connectivity index (χ0v) is 11.3. The molecule has 2 N–H and O–H groups in total. The number of rotatable bonds is 0. The molecule has 0 aromatic rings. The number of fused-ring (bicyclic) bond motifs is 1. The Morgan fingerprint density at radius 2 is 2.05 bits per heavy atom. The number of carbonyl (C=O) groups excluding carboxylic acids is 1. The zero-order chi connectivity index (χ0) is 14.2. The van der Waals surface area contributed by atoms with Crippen molar-refractivity contribution >= 4 is 5.97 Å². The molecule has 19 heavy (non-hydrogen) atoms. The molecule has 1 aliphatic heterocycles. The zero-order valence-electron chi connectivity index (χ0n) is 11.3. The Balaban J connectivity index is 2.38. The lowest BCUT2D eigenvalue weighted by molar-refractivity contribution is -0.137. The van der Waals surface area contributed by atoms with E-state index in [0.717, 1.165) is 11.1 Å². The molecular formula is C15H20O4. The predicted molar refractivity (Wildman–Crippen MR) is 71.3 cm³/mol. The summed E-state index contributed by atoms with van der Waals surface area (Å²) in [5, 5.41) is 20.3. The van der Waals surface area contributed by atoms with Gasteiger partial charge in [-0.1, -0.05) is 18.2 Å². The molecule has 0 unspecified atom stereocenters. The van der Waals surface area contributed by atoms with E-state index in [0.29, 0.717) is 18.4 Å². The Morgan fingerprint density at radius 3 is 2.74 bits per heavy atom. The number of carbonyl (C=O) groups is 1. The second kappa shape index (κ2) is 5.31. The van der Waals surface area contributed by atoms with E-state index in [1.807, 2.05) is 13.0 Å². The minimum absolute atomic E-state index is 0.310. The Morgan fingerprint density at radius 1 is 1.37 bits per heavy atom. The molecule has 4 heteroatoms. The number of esters is 1. The van der Waals surface area contributed by atoms with Crippen LogP contribution in [0.25, 0.3) is 0 Å². The van der Waals surface area contributed by atoms with Gasteiger partial charge in [0.15, 0.2) is 0 Å². The third-order valence-corrected chi connectivity index (χ3v) is 3.85. The first-order valence-electron chi connectivity index (χ1n) is 6.50. The van der Waals surface area contributed by atoms with E-state index in [9.17, 15) is 15.0 Å². The molecule has 104 valence electrons. The summed E-state index contributed by atoms with van der Waals surface area (Å²) < 4.78 is 5.23. The van der Waals surface area contributed by atoms with Gasteiger partial charge in [0, 0.05) is 5.57 Å². The normalized spacial score (nSPS) is 41.7. The van der Waals surface area contributed by atoms with E-state index in [1.165, 1.54) is 0 Å². The summed E-state index contributed by atoms with van der Waals surface area (Å²) in [6.45, 7) is 7.43. The molecule has 1 saturated heterocycles. The third-order valence-electron chi connectivity index (χ3n) is 3.85. The van der Waals surface area contributed by atoms with Crippen molar-refractivity contribution in [3.63, 3.8) is 0 Å². The molecule has 0 spiro atoms. The third kappa shape index (κ3) is 2.80. The first-order valence-corrected chi connectivity index (χ1v) is 6.50. The van der Waals surface area contributed by atoms with E-state index in [1.54, 1.807) is 13.0 Å². The van der Waals surface area contributed by atoms with Crippen molar-refractivity contribution in [1.82, 2.24) is 0 Å². The Hall–Kier alpha value is -1.39. The van der Waals surface area contributed by atoms with E-state index < -0.39 is 30.2 Å². The molecule has 0 bridgehead atoms. The van der Waals surface area contributed by atoms with Gasteiger partial charge in [-0.2, -0.15) is 0 Å². The summed E-state index contributed by atoms with van der Waals surface area (Å²) in [5.74, 6) is -0.899. The maximum Gasteiger partial charge on any atom is 0.334 e. The predicted octanol–water partition coefficient (Wildman–Crippen LogP) is 1.49. The van der Waals surface area contributed by atoms with Gasteiger partial charge < -0.3 is 14.9 Å². The first kappa shape index (κ1) is 14.0. The summed E-state index contributed by atoms with van der Waals surface area (Å²) in [4.78, 5) is 11.6. The van der Waals surface area contributed by atoms with Crippen LogP contribution in [0, 0.1) is 5.92 Å². The Bertz CT molecular complexity index is 461. The van der Waals surface area contributed by atoms with Gasteiger partial charge in [0.25, 0.3) is 0 Å². The molecule has 2 rings (SSSR count). The fourth-order valence-electron chi connectivity index (χ4n) is 2.60. The van der Waals surface area contributed by atoms with Crippen LogP contribution >= 0.6 is 0 Å². The van der Waals surface area contributed by atoms with Crippen molar-refractivity contribution in [1.29, 1.82) is 0 Å². The van der Waals surface area contributed by atoms with Crippen molar-refractivity contribution in [2.24, 2.45) is 5.92 Å². The molecule has 2 aliphatic rings. The van der Waals surface area contributed by atoms with Gasteiger partial charge in [0.2, 0.25) is 0 Å². The highest BCUT2D eigenvalue weighted by atomic mass is 16.6. The topological polar surface area (TPSA) is 66.8 Å². The van der Waals surface area contributed by atoms with Gasteiger partial charge in [0.1, 0.15) is 6.10 Å². The van der Waals surface area contributed by atoms with Gasteiger partial charge in [-0.15, -0.1) is 0 Å². The number of aliphatic hydroxyl groups is 2. The van der Waals surface area contributed by atoms with Gasteiger partial charge in [0.05, 0.1) is 18.1 Å². The summed E-state index contributed by atoms with van der Waals surface area (Å²) >= 11 is 0. The van der Waals surface area contributed by atoms with Crippen molar-refractivity contribution < 1.29 is 19.7 Å². The molecule has 4 nitrogen and oxygen atoms in total. The molecular weight excluding hydrogens is 244 g/mol. The summed E-state index contributed by atoms with van der Waals surface area (Å²) in [7, 11) is 0. The van der Waals surface area contributed by atoms with Crippen molar-refractivity contribution in [2.45, 2.75) is 45.0 Å². The van der Waals surface area contributed by atoms with Crippen LogP contribution in [0.5, 0.6) is 0 Å². The molecule has 1 aliphatic carbocycles. The summed E-state index contributed by atoms with van der Waals surface area (Å²) in [5.41, 5.74) is 2.05. The van der Waals surface area contributed by atoms with Crippen LogP contribution in [0.15, 0.2) is 35.5 Å². The fraction of sp³-hybridized carbons (Fsp3) is 0.533. The number of ether oxygens (including phenoxy) is 1. The van der Waals surface area contributed by atoms with Crippen LogP contribution in [-0.4, -0.2) is 34.5 Å².